The van der Waals surface area contributed by atoms with E-state index in [0.717, 1.165) is 24.1 Å². The second-order valence-corrected chi connectivity index (χ2v) is 7.19. The van der Waals surface area contributed by atoms with Gasteiger partial charge in [0, 0.05) is 24.2 Å². The lowest BCUT2D eigenvalue weighted by molar-refractivity contribution is 0.0950. The minimum Gasteiger partial charge on any atom is -0.289 e. The standard InChI is InChI=1S/C22H24FN/c1-16-10-11-22(23)21(12-16)18-13-19-8-5-9-20(14-18)24(19)15-17-6-3-2-4-7-17/h2-4,6-7,10-13,19-20H,5,8-9,14-15H2,1H3. The molecule has 2 aromatic rings. The average molecular weight is 321 g/mol. The van der Waals surface area contributed by atoms with E-state index in [9.17, 15) is 4.39 Å². The van der Waals surface area contributed by atoms with Gasteiger partial charge in [0.1, 0.15) is 5.82 Å². The fraction of sp³-hybridized carbons (Fsp3) is 0.364. The molecule has 0 N–H and O–H groups in total. The van der Waals surface area contributed by atoms with E-state index >= 15 is 0 Å². The van der Waals surface area contributed by atoms with E-state index in [1.807, 2.05) is 19.1 Å². The summed E-state index contributed by atoms with van der Waals surface area (Å²) in [6.07, 6.45) is 6.97. The Hall–Kier alpha value is -1.93. The van der Waals surface area contributed by atoms with Gasteiger partial charge in [-0.05, 0) is 49.5 Å². The van der Waals surface area contributed by atoms with Crippen LogP contribution in [0, 0.1) is 12.7 Å². The number of aryl methyl sites for hydroxylation is 1. The largest absolute Gasteiger partial charge is 0.289 e. The highest BCUT2D eigenvalue weighted by Gasteiger charge is 2.34. The van der Waals surface area contributed by atoms with Crippen LogP contribution in [0.4, 0.5) is 4.39 Å². The molecule has 2 bridgehead atoms. The highest BCUT2D eigenvalue weighted by atomic mass is 19.1. The Bertz CT molecular complexity index is 750. The monoisotopic (exact) mass is 321 g/mol. The van der Waals surface area contributed by atoms with Crippen molar-refractivity contribution in [2.75, 3.05) is 0 Å². The van der Waals surface area contributed by atoms with Gasteiger partial charge in [-0.2, -0.15) is 0 Å². The van der Waals surface area contributed by atoms with Crippen molar-refractivity contribution >= 4 is 5.57 Å². The molecule has 2 unspecified atom stereocenters. The van der Waals surface area contributed by atoms with Gasteiger partial charge < -0.3 is 0 Å². The minimum atomic E-state index is -0.0820. The molecule has 0 spiro atoms. The second kappa shape index (κ2) is 6.52. The topological polar surface area (TPSA) is 3.24 Å². The van der Waals surface area contributed by atoms with Crippen LogP contribution in [0.5, 0.6) is 0 Å². The fourth-order valence-corrected chi connectivity index (χ4v) is 4.24. The zero-order valence-corrected chi connectivity index (χ0v) is 14.2. The van der Waals surface area contributed by atoms with E-state index in [4.69, 9.17) is 0 Å². The van der Waals surface area contributed by atoms with Gasteiger partial charge in [-0.3, -0.25) is 4.90 Å². The zero-order valence-electron chi connectivity index (χ0n) is 14.2. The van der Waals surface area contributed by atoms with Crippen LogP contribution in [0.25, 0.3) is 5.57 Å². The summed E-state index contributed by atoms with van der Waals surface area (Å²) in [5.41, 5.74) is 4.51. The molecule has 24 heavy (non-hydrogen) atoms. The highest BCUT2D eigenvalue weighted by Crippen LogP contribution is 2.38. The average Bonchev–Trinajstić information content (AvgIpc) is 2.58. The molecule has 124 valence electrons. The first-order chi connectivity index (χ1) is 11.7. The summed E-state index contributed by atoms with van der Waals surface area (Å²) in [6.45, 7) is 3.03. The molecule has 2 aliphatic rings. The first kappa shape index (κ1) is 15.6. The number of hydrogen-bond acceptors (Lipinski definition) is 1. The molecule has 2 atom stereocenters. The molecule has 0 amide bonds. The van der Waals surface area contributed by atoms with Crippen molar-refractivity contribution in [1.82, 2.24) is 4.90 Å². The molecule has 1 saturated heterocycles. The van der Waals surface area contributed by atoms with Crippen molar-refractivity contribution in [3.8, 4) is 0 Å². The second-order valence-electron chi connectivity index (χ2n) is 7.19. The SMILES string of the molecule is Cc1ccc(F)c(C2=CC3CCCC(C2)N3Cc2ccccc2)c1. The Morgan fingerprint density at radius 1 is 1.08 bits per heavy atom. The predicted molar refractivity (Wildman–Crippen MR) is 97.1 cm³/mol. The van der Waals surface area contributed by atoms with Gasteiger partial charge in [-0.25, -0.2) is 4.39 Å². The smallest absolute Gasteiger partial charge is 0.130 e. The van der Waals surface area contributed by atoms with Gasteiger partial charge in [-0.1, -0.05) is 54.5 Å². The van der Waals surface area contributed by atoms with Crippen LogP contribution in [-0.2, 0) is 6.54 Å². The molecular weight excluding hydrogens is 297 g/mol. The van der Waals surface area contributed by atoms with Crippen LogP contribution in [0.1, 0.15) is 42.4 Å². The first-order valence-corrected chi connectivity index (χ1v) is 8.97. The zero-order chi connectivity index (χ0) is 16.5. The van der Waals surface area contributed by atoms with E-state index in [1.165, 1.54) is 30.4 Å². The number of halogens is 1. The Morgan fingerprint density at radius 3 is 2.71 bits per heavy atom. The van der Waals surface area contributed by atoms with Crippen molar-refractivity contribution in [2.45, 2.75) is 51.2 Å². The molecule has 0 saturated carbocycles. The summed E-state index contributed by atoms with van der Waals surface area (Å²) in [4.78, 5) is 2.62. The molecule has 0 radical (unpaired) electrons. The lowest BCUT2D eigenvalue weighted by Crippen LogP contribution is -2.47. The molecule has 4 rings (SSSR count). The number of rotatable bonds is 3. The van der Waals surface area contributed by atoms with Crippen molar-refractivity contribution in [3.63, 3.8) is 0 Å². The van der Waals surface area contributed by atoms with Crippen molar-refractivity contribution < 1.29 is 4.39 Å². The van der Waals surface area contributed by atoms with E-state index in [2.05, 4.69) is 41.3 Å². The Morgan fingerprint density at radius 2 is 1.92 bits per heavy atom. The van der Waals surface area contributed by atoms with Crippen molar-refractivity contribution in [3.05, 3.63) is 77.1 Å². The number of hydrogen-bond donors (Lipinski definition) is 0. The van der Waals surface area contributed by atoms with Gasteiger partial charge in [-0.15, -0.1) is 0 Å². The lowest BCUT2D eigenvalue weighted by Gasteiger charge is -2.45. The normalized spacial score (nSPS) is 23.8. The summed E-state index contributed by atoms with van der Waals surface area (Å²) in [5, 5.41) is 0. The van der Waals surface area contributed by atoms with Crippen molar-refractivity contribution in [2.24, 2.45) is 0 Å². The third-order valence-electron chi connectivity index (χ3n) is 5.46. The predicted octanol–water partition coefficient (Wildman–Crippen LogP) is 5.34. The van der Waals surface area contributed by atoms with Gasteiger partial charge in [0.2, 0.25) is 0 Å². The Balaban J connectivity index is 1.63. The Kier molecular flexibility index (Phi) is 4.24. The third-order valence-corrected chi connectivity index (χ3v) is 5.46. The van der Waals surface area contributed by atoms with Crippen LogP contribution in [0.2, 0.25) is 0 Å². The van der Waals surface area contributed by atoms with Crippen LogP contribution in [-0.4, -0.2) is 17.0 Å². The van der Waals surface area contributed by atoms with Crippen molar-refractivity contribution in [1.29, 1.82) is 0 Å². The van der Waals surface area contributed by atoms with E-state index in [1.54, 1.807) is 6.07 Å². The van der Waals surface area contributed by atoms with Gasteiger partial charge in [0.05, 0.1) is 0 Å². The quantitative estimate of drug-likeness (QED) is 0.737. The Labute approximate surface area is 143 Å². The molecule has 0 aromatic heterocycles. The highest BCUT2D eigenvalue weighted by molar-refractivity contribution is 5.68. The number of benzene rings is 2. The van der Waals surface area contributed by atoms with Crippen LogP contribution >= 0.6 is 0 Å². The van der Waals surface area contributed by atoms with E-state index < -0.39 is 0 Å². The molecular formula is C22H24FN. The molecule has 1 nitrogen and oxygen atoms in total. The number of fused-ring (bicyclic) bond motifs is 2. The molecule has 2 heteroatoms. The summed E-state index contributed by atoms with van der Waals surface area (Å²) in [7, 11) is 0. The molecule has 1 fully saturated rings. The van der Waals surface area contributed by atoms with Gasteiger partial charge >= 0.3 is 0 Å². The number of piperidine rings is 1. The van der Waals surface area contributed by atoms with E-state index in [0.29, 0.717) is 12.1 Å². The summed E-state index contributed by atoms with van der Waals surface area (Å²) in [6, 6.07) is 17.1. The maximum atomic E-state index is 14.3. The lowest BCUT2D eigenvalue weighted by atomic mass is 9.82. The summed E-state index contributed by atoms with van der Waals surface area (Å²) < 4.78 is 14.3. The maximum Gasteiger partial charge on any atom is 0.130 e. The van der Waals surface area contributed by atoms with E-state index in [-0.39, 0.29) is 5.82 Å². The molecule has 2 aromatic carbocycles. The minimum absolute atomic E-state index is 0.0820. The summed E-state index contributed by atoms with van der Waals surface area (Å²) >= 11 is 0. The summed E-state index contributed by atoms with van der Waals surface area (Å²) in [5.74, 6) is -0.0820. The van der Waals surface area contributed by atoms with Crippen LogP contribution in [0.3, 0.4) is 0 Å². The fourth-order valence-electron chi connectivity index (χ4n) is 4.24. The molecule has 2 aliphatic heterocycles. The maximum absolute atomic E-state index is 14.3. The van der Waals surface area contributed by atoms with Gasteiger partial charge in [0.25, 0.3) is 0 Å². The van der Waals surface area contributed by atoms with Crippen LogP contribution in [0.15, 0.2) is 54.6 Å². The van der Waals surface area contributed by atoms with Crippen LogP contribution < -0.4 is 0 Å². The van der Waals surface area contributed by atoms with Gasteiger partial charge in [0.15, 0.2) is 0 Å². The molecule has 0 aliphatic carbocycles. The number of nitrogens with zero attached hydrogens (tertiary/aromatic N) is 1. The first-order valence-electron chi connectivity index (χ1n) is 8.97. The molecule has 2 heterocycles. The third kappa shape index (κ3) is 3.03.